The van der Waals surface area contributed by atoms with Gasteiger partial charge in [-0.1, -0.05) is 18.2 Å². The molecule has 90 valence electrons. The van der Waals surface area contributed by atoms with Crippen LogP contribution in [0.4, 0.5) is 0 Å². The third-order valence-electron chi connectivity index (χ3n) is 2.26. The van der Waals surface area contributed by atoms with E-state index in [-0.39, 0.29) is 11.8 Å². The number of rotatable bonds is 5. The first-order valence-corrected chi connectivity index (χ1v) is 7.96. The molecule has 0 bridgehead atoms. The van der Waals surface area contributed by atoms with E-state index in [4.69, 9.17) is 5.84 Å². The standard InChI is InChI=1S/C10H15IN2O2S/c1-16(14,15)7-6-10(13-12)8-4-2-3-5-9(8)11/h2-5,10,13H,6-7,12H2,1H3. The Balaban J connectivity index is 2.79. The summed E-state index contributed by atoms with van der Waals surface area (Å²) in [6.07, 6.45) is 1.71. The van der Waals surface area contributed by atoms with E-state index in [0.29, 0.717) is 6.42 Å². The van der Waals surface area contributed by atoms with Crippen molar-refractivity contribution in [2.75, 3.05) is 12.0 Å². The Morgan fingerprint density at radius 3 is 2.56 bits per heavy atom. The third kappa shape index (κ3) is 4.36. The molecular weight excluding hydrogens is 339 g/mol. The first-order valence-electron chi connectivity index (χ1n) is 4.82. The van der Waals surface area contributed by atoms with E-state index in [0.717, 1.165) is 9.13 Å². The van der Waals surface area contributed by atoms with Gasteiger partial charge in [0.05, 0.1) is 5.75 Å². The summed E-state index contributed by atoms with van der Waals surface area (Å²) in [5.41, 5.74) is 3.70. The molecule has 1 aromatic rings. The van der Waals surface area contributed by atoms with Crippen molar-refractivity contribution in [1.82, 2.24) is 5.43 Å². The van der Waals surface area contributed by atoms with E-state index in [1.165, 1.54) is 6.26 Å². The van der Waals surface area contributed by atoms with Crippen LogP contribution in [0.3, 0.4) is 0 Å². The number of hydrazine groups is 1. The van der Waals surface area contributed by atoms with Crippen LogP contribution in [0.2, 0.25) is 0 Å². The fraction of sp³-hybridized carbons (Fsp3) is 0.400. The lowest BCUT2D eigenvalue weighted by Crippen LogP contribution is -2.30. The van der Waals surface area contributed by atoms with E-state index >= 15 is 0 Å². The fourth-order valence-electron chi connectivity index (χ4n) is 1.42. The lowest BCUT2D eigenvalue weighted by atomic mass is 10.1. The minimum atomic E-state index is -2.95. The molecule has 1 unspecified atom stereocenters. The normalized spacial score (nSPS) is 13.7. The molecule has 0 heterocycles. The molecule has 6 heteroatoms. The maximum absolute atomic E-state index is 11.1. The van der Waals surface area contributed by atoms with Gasteiger partial charge in [-0.2, -0.15) is 0 Å². The molecule has 3 N–H and O–H groups in total. The average molecular weight is 354 g/mol. The number of nitrogens with one attached hydrogen (secondary N) is 1. The van der Waals surface area contributed by atoms with Crippen molar-refractivity contribution < 1.29 is 8.42 Å². The largest absolute Gasteiger partial charge is 0.271 e. The Hall–Kier alpha value is -0.180. The lowest BCUT2D eigenvalue weighted by Gasteiger charge is -2.17. The molecule has 0 saturated heterocycles. The second kappa shape index (κ2) is 5.95. The predicted octanol–water partition coefficient (Wildman–Crippen LogP) is 1.23. The highest BCUT2D eigenvalue weighted by atomic mass is 127. The van der Waals surface area contributed by atoms with Crippen molar-refractivity contribution in [1.29, 1.82) is 0 Å². The van der Waals surface area contributed by atoms with Crippen molar-refractivity contribution in [3.8, 4) is 0 Å². The zero-order valence-electron chi connectivity index (χ0n) is 8.98. The van der Waals surface area contributed by atoms with Crippen molar-refractivity contribution in [2.45, 2.75) is 12.5 Å². The van der Waals surface area contributed by atoms with Crippen LogP contribution < -0.4 is 11.3 Å². The highest BCUT2D eigenvalue weighted by Crippen LogP contribution is 2.22. The van der Waals surface area contributed by atoms with Crippen LogP contribution in [0.25, 0.3) is 0 Å². The zero-order chi connectivity index (χ0) is 12.2. The molecular formula is C10H15IN2O2S. The Bertz CT molecular complexity index is 448. The maximum Gasteiger partial charge on any atom is 0.147 e. The summed E-state index contributed by atoms with van der Waals surface area (Å²) in [6.45, 7) is 0. The topological polar surface area (TPSA) is 72.2 Å². The number of hydrogen-bond donors (Lipinski definition) is 2. The molecule has 1 rings (SSSR count). The summed E-state index contributed by atoms with van der Waals surface area (Å²) in [5.74, 6) is 5.59. The molecule has 1 atom stereocenters. The van der Waals surface area contributed by atoms with Gasteiger partial charge in [-0.15, -0.1) is 0 Å². The number of nitrogens with two attached hydrogens (primary N) is 1. The minimum Gasteiger partial charge on any atom is -0.271 e. The van der Waals surface area contributed by atoms with Crippen molar-refractivity contribution in [3.63, 3.8) is 0 Å². The van der Waals surface area contributed by atoms with Crippen LogP contribution in [-0.4, -0.2) is 20.4 Å². The summed E-state index contributed by atoms with van der Waals surface area (Å²) in [6, 6.07) is 7.66. The van der Waals surface area contributed by atoms with Crippen LogP contribution in [0, 0.1) is 3.57 Å². The molecule has 0 aromatic heterocycles. The van der Waals surface area contributed by atoms with Gasteiger partial charge in [-0.05, 0) is 40.6 Å². The van der Waals surface area contributed by atoms with Gasteiger partial charge in [0, 0.05) is 15.9 Å². The lowest BCUT2D eigenvalue weighted by molar-refractivity contribution is 0.529. The summed E-state index contributed by atoms with van der Waals surface area (Å²) < 4.78 is 23.3. The number of benzene rings is 1. The van der Waals surface area contributed by atoms with Crippen LogP contribution >= 0.6 is 22.6 Å². The van der Waals surface area contributed by atoms with Crippen LogP contribution in [0.5, 0.6) is 0 Å². The molecule has 0 aliphatic carbocycles. The van der Waals surface area contributed by atoms with E-state index in [1.54, 1.807) is 0 Å². The fourth-order valence-corrected chi connectivity index (χ4v) is 2.85. The third-order valence-corrected chi connectivity index (χ3v) is 4.22. The van der Waals surface area contributed by atoms with E-state index < -0.39 is 9.84 Å². The molecule has 0 saturated carbocycles. The van der Waals surface area contributed by atoms with Crippen LogP contribution in [-0.2, 0) is 9.84 Å². The van der Waals surface area contributed by atoms with Gasteiger partial charge in [0.2, 0.25) is 0 Å². The monoisotopic (exact) mass is 354 g/mol. The Morgan fingerprint density at radius 2 is 2.06 bits per heavy atom. The maximum atomic E-state index is 11.1. The first-order chi connectivity index (χ1) is 7.44. The van der Waals surface area contributed by atoms with Gasteiger partial charge in [-0.25, -0.2) is 8.42 Å². The van der Waals surface area contributed by atoms with Crippen LogP contribution in [0.1, 0.15) is 18.0 Å². The summed E-state index contributed by atoms with van der Waals surface area (Å²) in [4.78, 5) is 0. The molecule has 0 amide bonds. The van der Waals surface area contributed by atoms with Crippen molar-refractivity contribution in [3.05, 3.63) is 33.4 Å². The molecule has 0 fully saturated rings. The molecule has 4 nitrogen and oxygen atoms in total. The zero-order valence-corrected chi connectivity index (χ0v) is 12.0. The van der Waals surface area contributed by atoms with Gasteiger partial charge >= 0.3 is 0 Å². The summed E-state index contributed by atoms with van der Waals surface area (Å²) in [5, 5.41) is 0. The van der Waals surface area contributed by atoms with Gasteiger partial charge in [0.25, 0.3) is 0 Å². The number of sulfone groups is 1. The Kier molecular flexibility index (Phi) is 5.16. The highest BCUT2D eigenvalue weighted by Gasteiger charge is 2.14. The average Bonchev–Trinajstić information content (AvgIpc) is 2.20. The van der Waals surface area contributed by atoms with Gasteiger partial charge in [0.1, 0.15) is 9.84 Å². The van der Waals surface area contributed by atoms with Crippen LogP contribution in [0.15, 0.2) is 24.3 Å². The predicted molar refractivity (Wildman–Crippen MR) is 73.6 cm³/mol. The van der Waals surface area contributed by atoms with E-state index in [1.807, 2.05) is 24.3 Å². The van der Waals surface area contributed by atoms with E-state index in [2.05, 4.69) is 28.0 Å². The Morgan fingerprint density at radius 1 is 1.44 bits per heavy atom. The molecule has 0 aliphatic heterocycles. The summed E-state index contributed by atoms with van der Waals surface area (Å²) >= 11 is 2.21. The quantitative estimate of drug-likeness (QED) is 0.474. The smallest absolute Gasteiger partial charge is 0.147 e. The number of halogens is 1. The molecule has 0 radical (unpaired) electrons. The van der Waals surface area contributed by atoms with E-state index in [9.17, 15) is 8.42 Å². The highest BCUT2D eigenvalue weighted by molar-refractivity contribution is 14.1. The molecule has 0 aliphatic rings. The SMILES string of the molecule is CS(=O)(=O)CCC(NN)c1ccccc1I. The summed E-state index contributed by atoms with van der Waals surface area (Å²) in [7, 11) is -2.95. The second-order valence-electron chi connectivity index (χ2n) is 3.66. The van der Waals surface area contributed by atoms with Crippen molar-refractivity contribution >= 4 is 32.4 Å². The van der Waals surface area contributed by atoms with Crippen molar-refractivity contribution in [2.24, 2.45) is 5.84 Å². The van der Waals surface area contributed by atoms with Gasteiger partial charge < -0.3 is 0 Å². The first kappa shape index (κ1) is 13.9. The second-order valence-corrected chi connectivity index (χ2v) is 7.08. The Labute approximate surface area is 110 Å². The molecule has 1 aromatic carbocycles. The van der Waals surface area contributed by atoms with Gasteiger partial charge in [-0.3, -0.25) is 11.3 Å². The molecule has 0 spiro atoms. The molecule has 16 heavy (non-hydrogen) atoms. The van der Waals surface area contributed by atoms with Gasteiger partial charge in [0.15, 0.2) is 0 Å². The minimum absolute atomic E-state index is 0.122. The number of hydrogen-bond acceptors (Lipinski definition) is 4.